The third-order valence-corrected chi connectivity index (χ3v) is 6.38. The number of methoxy groups -OCH3 is 1. The zero-order valence-corrected chi connectivity index (χ0v) is 18.1. The van der Waals surface area contributed by atoms with Gasteiger partial charge in [0.25, 0.3) is 0 Å². The number of hydrogen-bond donors (Lipinski definition) is 0. The zero-order valence-electron chi connectivity index (χ0n) is 17.3. The SMILES string of the molecule is CCOc1ccc(S(=O)(=O)N(CC)CC(=O)N(C)Cc2ccc(OC)cc2)cc1. The van der Waals surface area contributed by atoms with E-state index < -0.39 is 10.0 Å². The molecule has 0 heterocycles. The number of rotatable bonds is 10. The molecule has 0 atom stereocenters. The van der Waals surface area contributed by atoms with Gasteiger partial charge in [0.05, 0.1) is 25.2 Å². The average molecular weight is 421 g/mol. The van der Waals surface area contributed by atoms with Crippen LogP contribution in [0, 0.1) is 0 Å². The van der Waals surface area contributed by atoms with Crippen molar-refractivity contribution in [3.8, 4) is 11.5 Å². The Morgan fingerprint density at radius 3 is 2.07 bits per heavy atom. The summed E-state index contributed by atoms with van der Waals surface area (Å²) in [6.45, 7) is 4.42. The topological polar surface area (TPSA) is 76.2 Å². The Hall–Kier alpha value is -2.58. The number of amides is 1. The Balaban J connectivity index is 2.06. The van der Waals surface area contributed by atoms with Crippen LogP contribution in [0.2, 0.25) is 0 Å². The number of likely N-dealkylation sites (N-methyl/N-ethyl adjacent to an activating group) is 2. The molecular formula is C21H28N2O5S. The van der Waals surface area contributed by atoms with E-state index in [1.54, 1.807) is 33.2 Å². The van der Waals surface area contributed by atoms with Gasteiger partial charge in [-0.05, 0) is 48.9 Å². The third kappa shape index (κ3) is 5.95. The number of benzene rings is 2. The van der Waals surface area contributed by atoms with Crippen molar-refractivity contribution in [1.82, 2.24) is 9.21 Å². The monoisotopic (exact) mass is 420 g/mol. The van der Waals surface area contributed by atoms with Gasteiger partial charge in [0, 0.05) is 20.1 Å². The lowest BCUT2D eigenvalue weighted by atomic mass is 10.2. The standard InChI is InChI=1S/C21H28N2O5S/c1-5-23(29(25,26)20-13-11-19(12-14-20)28-6-2)16-21(24)22(3)15-17-7-9-18(27-4)10-8-17/h7-14H,5-6,15-16H2,1-4H3. The fraction of sp³-hybridized carbons (Fsp3) is 0.381. The second-order valence-corrected chi connectivity index (χ2v) is 8.37. The summed E-state index contributed by atoms with van der Waals surface area (Å²) in [4.78, 5) is 14.3. The van der Waals surface area contributed by atoms with E-state index in [2.05, 4.69) is 0 Å². The van der Waals surface area contributed by atoms with Crippen molar-refractivity contribution in [2.75, 3.05) is 33.9 Å². The van der Waals surface area contributed by atoms with Gasteiger partial charge < -0.3 is 14.4 Å². The molecule has 0 saturated heterocycles. The summed E-state index contributed by atoms with van der Waals surface area (Å²) in [6, 6.07) is 13.6. The van der Waals surface area contributed by atoms with E-state index in [0.717, 1.165) is 11.3 Å². The normalized spacial score (nSPS) is 11.3. The van der Waals surface area contributed by atoms with Crippen LogP contribution < -0.4 is 9.47 Å². The van der Waals surface area contributed by atoms with Crippen molar-refractivity contribution >= 4 is 15.9 Å². The molecule has 0 spiro atoms. The summed E-state index contributed by atoms with van der Waals surface area (Å²) in [6.07, 6.45) is 0. The van der Waals surface area contributed by atoms with Crippen LogP contribution in [0.25, 0.3) is 0 Å². The van der Waals surface area contributed by atoms with Gasteiger partial charge in [0.2, 0.25) is 15.9 Å². The van der Waals surface area contributed by atoms with Gasteiger partial charge in [0.1, 0.15) is 11.5 Å². The quantitative estimate of drug-likeness (QED) is 0.591. The van der Waals surface area contributed by atoms with Crippen LogP contribution in [0.3, 0.4) is 0 Å². The van der Waals surface area contributed by atoms with E-state index in [9.17, 15) is 13.2 Å². The third-order valence-electron chi connectivity index (χ3n) is 4.44. The van der Waals surface area contributed by atoms with Crippen molar-refractivity contribution in [3.63, 3.8) is 0 Å². The van der Waals surface area contributed by atoms with Crippen LogP contribution in [0.5, 0.6) is 11.5 Å². The van der Waals surface area contributed by atoms with Crippen LogP contribution in [-0.2, 0) is 21.4 Å². The lowest BCUT2D eigenvalue weighted by Gasteiger charge is -2.24. The van der Waals surface area contributed by atoms with Crippen LogP contribution in [0.4, 0.5) is 0 Å². The molecule has 29 heavy (non-hydrogen) atoms. The van der Waals surface area contributed by atoms with Crippen molar-refractivity contribution in [1.29, 1.82) is 0 Å². The maximum absolute atomic E-state index is 12.9. The van der Waals surface area contributed by atoms with E-state index in [0.29, 0.717) is 18.9 Å². The molecule has 8 heteroatoms. The lowest BCUT2D eigenvalue weighted by Crippen LogP contribution is -2.41. The predicted octanol–water partition coefficient (Wildman–Crippen LogP) is 2.76. The molecule has 0 unspecified atom stereocenters. The first-order chi connectivity index (χ1) is 13.8. The minimum Gasteiger partial charge on any atom is -0.497 e. The van der Waals surface area contributed by atoms with Gasteiger partial charge in [-0.1, -0.05) is 19.1 Å². The molecule has 0 aromatic heterocycles. The van der Waals surface area contributed by atoms with Crippen molar-refractivity contribution < 1.29 is 22.7 Å². The minimum absolute atomic E-state index is 0.133. The molecule has 0 radical (unpaired) electrons. The molecule has 2 aromatic rings. The first kappa shape index (κ1) is 22.7. The molecule has 1 amide bonds. The summed E-state index contributed by atoms with van der Waals surface area (Å²) in [5.41, 5.74) is 0.930. The minimum atomic E-state index is -3.78. The molecule has 0 aliphatic heterocycles. The number of carbonyl (C=O) groups is 1. The van der Waals surface area contributed by atoms with Crippen LogP contribution in [0.1, 0.15) is 19.4 Å². The molecule has 0 bridgehead atoms. The molecule has 158 valence electrons. The van der Waals surface area contributed by atoms with Gasteiger partial charge in [-0.3, -0.25) is 4.79 Å². The van der Waals surface area contributed by atoms with Gasteiger partial charge in [-0.2, -0.15) is 4.31 Å². The Morgan fingerprint density at radius 2 is 1.55 bits per heavy atom. The molecule has 2 rings (SSSR count). The second kappa shape index (κ2) is 10.3. The highest BCUT2D eigenvalue weighted by Gasteiger charge is 2.26. The predicted molar refractivity (Wildman–Crippen MR) is 112 cm³/mol. The Kier molecular flexibility index (Phi) is 8.04. The second-order valence-electron chi connectivity index (χ2n) is 6.43. The first-order valence-electron chi connectivity index (χ1n) is 9.41. The fourth-order valence-electron chi connectivity index (χ4n) is 2.75. The largest absolute Gasteiger partial charge is 0.497 e. The maximum Gasteiger partial charge on any atom is 0.243 e. The zero-order chi connectivity index (χ0) is 21.4. The number of sulfonamides is 1. The van der Waals surface area contributed by atoms with E-state index >= 15 is 0 Å². The molecule has 7 nitrogen and oxygen atoms in total. The summed E-state index contributed by atoms with van der Waals surface area (Å²) in [5, 5.41) is 0. The van der Waals surface area contributed by atoms with E-state index in [1.165, 1.54) is 21.3 Å². The van der Waals surface area contributed by atoms with Crippen molar-refractivity contribution in [3.05, 3.63) is 54.1 Å². The van der Waals surface area contributed by atoms with Gasteiger partial charge in [-0.25, -0.2) is 8.42 Å². The lowest BCUT2D eigenvalue weighted by molar-refractivity contribution is -0.130. The van der Waals surface area contributed by atoms with Gasteiger partial charge >= 0.3 is 0 Å². The summed E-state index contributed by atoms with van der Waals surface area (Å²) in [5.74, 6) is 1.06. The van der Waals surface area contributed by atoms with Crippen LogP contribution in [-0.4, -0.2) is 57.4 Å². The van der Waals surface area contributed by atoms with E-state index in [4.69, 9.17) is 9.47 Å². The molecule has 0 aliphatic rings. The summed E-state index contributed by atoms with van der Waals surface area (Å²) >= 11 is 0. The maximum atomic E-state index is 12.9. The fourth-order valence-corrected chi connectivity index (χ4v) is 4.15. The Morgan fingerprint density at radius 1 is 0.966 bits per heavy atom. The summed E-state index contributed by atoms with van der Waals surface area (Å²) < 4.78 is 37.5. The Bertz CT molecular complexity index is 896. The number of hydrogen-bond acceptors (Lipinski definition) is 5. The van der Waals surface area contributed by atoms with E-state index in [1.807, 2.05) is 31.2 Å². The highest BCUT2D eigenvalue weighted by Crippen LogP contribution is 2.20. The Labute approximate surface area is 172 Å². The highest BCUT2D eigenvalue weighted by molar-refractivity contribution is 7.89. The number of carbonyl (C=O) groups excluding carboxylic acids is 1. The molecule has 0 fully saturated rings. The number of nitrogens with zero attached hydrogens (tertiary/aromatic N) is 2. The molecule has 0 aliphatic carbocycles. The van der Waals surface area contributed by atoms with Gasteiger partial charge in [-0.15, -0.1) is 0 Å². The van der Waals surface area contributed by atoms with Gasteiger partial charge in [0.15, 0.2) is 0 Å². The average Bonchev–Trinajstić information content (AvgIpc) is 2.72. The summed E-state index contributed by atoms with van der Waals surface area (Å²) in [7, 11) is -0.531. The molecule has 0 N–H and O–H groups in total. The van der Waals surface area contributed by atoms with Crippen molar-refractivity contribution in [2.24, 2.45) is 0 Å². The van der Waals surface area contributed by atoms with Crippen LogP contribution in [0.15, 0.2) is 53.4 Å². The van der Waals surface area contributed by atoms with E-state index in [-0.39, 0.29) is 23.9 Å². The van der Waals surface area contributed by atoms with Crippen molar-refractivity contribution in [2.45, 2.75) is 25.3 Å². The first-order valence-corrected chi connectivity index (χ1v) is 10.9. The highest BCUT2D eigenvalue weighted by atomic mass is 32.2. The molecule has 2 aromatic carbocycles. The smallest absolute Gasteiger partial charge is 0.243 e. The van der Waals surface area contributed by atoms with Crippen LogP contribution >= 0.6 is 0 Å². The number of ether oxygens (including phenoxy) is 2. The molecule has 0 saturated carbocycles. The molecular weight excluding hydrogens is 392 g/mol.